The summed E-state index contributed by atoms with van der Waals surface area (Å²) in [5.41, 5.74) is 0.0619. The standard InChI is InChI=1S/C13H9FN2O5S/c14-22(20,21)12-6-4-10(5-7-12)15-13(17)9-2-1-3-11(8-9)16(18)19/h1-8H,(H,15,17). The third-order valence-corrected chi connectivity index (χ3v) is 3.55. The summed E-state index contributed by atoms with van der Waals surface area (Å²) in [5.74, 6) is -0.612. The third-order valence-electron chi connectivity index (χ3n) is 2.71. The minimum Gasteiger partial charge on any atom is -0.322 e. The van der Waals surface area contributed by atoms with Gasteiger partial charge in [-0.2, -0.15) is 8.42 Å². The van der Waals surface area contributed by atoms with E-state index in [1.165, 1.54) is 30.3 Å². The fourth-order valence-electron chi connectivity index (χ4n) is 1.66. The highest BCUT2D eigenvalue weighted by Crippen LogP contribution is 2.18. The molecule has 0 saturated heterocycles. The molecule has 0 heterocycles. The van der Waals surface area contributed by atoms with Crippen LogP contribution in [-0.2, 0) is 10.2 Å². The number of amides is 1. The lowest BCUT2D eigenvalue weighted by molar-refractivity contribution is -0.384. The summed E-state index contributed by atoms with van der Waals surface area (Å²) in [4.78, 5) is 21.4. The minimum atomic E-state index is -4.80. The number of non-ortho nitro benzene ring substituents is 1. The van der Waals surface area contributed by atoms with Gasteiger partial charge in [-0.25, -0.2) is 0 Å². The van der Waals surface area contributed by atoms with Crippen molar-refractivity contribution in [1.82, 2.24) is 0 Å². The molecular formula is C13H9FN2O5S. The number of anilines is 1. The summed E-state index contributed by atoms with van der Waals surface area (Å²) in [6.45, 7) is 0. The van der Waals surface area contributed by atoms with Gasteiger partial charge in [0.2, 0.25) is 0 Å². The topological polar surface area (TPSA) is 106 Å². The molecule has 7 nitrogen and oxygen atoms in total. The molecule has 1 N–H and O–H groups in total. The van der Waals surface area contributed by atoms with Gasteiger partial charge in [-0.15, -0.1) is 3.89 Å². The fourth-order valence-corrected chi connectivity index (χ4v) is 2.13. The lowest BCUT2D eigenvalue weighted by Crippen LogP contribution is -2.12. The van der Waals surface area contributed by atoms with Crippen molar-refractivity contribution in [3.05, 3.63) is 64.2 Å². The number of hydrogen-bond acceptors (Lipinski definition) is 5. The third kappa shape index (κ3) is 3.64. The highest BCUT2D eigenvalue weighted by atomic mass is 32.3. The van der Waals surface area contributed by atoms with Crippen LogP contribution in [-0.4, -0.2) is 19.2 Å². The number of carbonyl (C=O) groups excluding carboxylic acids is 1. The predicted octanol–water partition coefficient (Wildman–Crippen LogP) is 2.51. The van der Waals surface area contributed by atoms with Crippen molar-refractivity contribution in [3.63, 3.8) is 0 Å². The van der Waals surface area contributed by atoms with E-state index in [1.54, 1.807) is 0 Å². The first-order valence-corrected chi connectivity index (χ1v) is 7.26. The average molecular weight is 324 g/mol. The quantitative estimate of drug-likeness (QED) is 0.528. The number of halogens is 1. The van der Waals surface area contributed by atoms with Crippen molar-refractivity contribution in [1.29, 1.82) is 0 Å². The molecule has 114 valence electrons. The van der Waals surface area contributed by atoms with E-state index in [9.17, 15) is 27.2 Å². The van der Waals surface area contributed by atoms with Gasteiger partial charge in [0.25, 0.3) is 11.6 Å². The first kappa shape index (κ1) is 15.6. The summed E-state index contributed by atoms with van der Waals surface area (Å²) >= 11 is 0. The molecule has 0 bridgehead atoms. The number of nitro benzene ring substituents is 1. The molecule has 0 aromatic heterocycles. The molecule has 0 aliphatic rings. The van der Waals surface area contributed by atoms with E-state index in [-0.39, 0.29) is 16.9 Å². The van der Waals surface area contributed by atoms with Crippen LogP contribution in [0.2, 0.25) is 0 Å². The number of nitrogens with one attached hydrogen (secondary N) is 1. The van der Waals surface area contributed by atoms with Crippen molar-refractivity contribution < 1.29 is 22.0 Å². The van der Waals surface area contributed by atoms with Crippen molar-refractivity contribution >= 4 is 27.5 Å². The zero-order chi connectivity index (χ0) is 16.3. The normalized spacial score (nSPS) is 11.0. The van der Waals surface area contributed by atoms with E-state index in [1.807, 2.05) is 0 Å². The van der Waals surface area contributed by atoms with Crippen molar-refractivity contribution in [3.8, 4) is 0 Å². The summed E-state index contributed by atoms with van der Waals surface area (Å²) in [6, 6.07) is 9.53. The summed E-state index contributed by atoms with van der Waals surface area (Å²) in [6.07, 6.45) is 0. The van der Waals surface area contributed by atoms with Crippen LogP contribution < -0.4 is 5.32 Å². The number of hydrogen-bond donors (Lipinski definition) is 1. The van der Waals surface area contributed by atoms with Gasteiger partial charge in [0, 0.05) is 23.4 Å². The summed E-state index contributed by atoms with van der Waals surface area (Å²) < 4.78 is 34.1. The molecule has 2 rings (SSSR count). The maximum absolute atomic E-state index is 12.7. The van der Waals surface area contributed by atoms with Gasteiger partial charge >= 0.3 is 10.2 Å². The van der Waals surface area contributed by atoms with Crippen LogP contribution >= 0.6 is 0 Å². The molecule has 2 aromatic carbocycles. The monoisotopic (exact) mass is 324 g/mol. The van der Waals surface area contributed by atoms with Gasteiger partial charge < -0.3 is 5.32 Å². The Morgan fingerprint density at radius 1 is 1.14 bits per heavy atom. The van der Waals surface area contributed by atoms with Gasteiger partial charge in [0.1, 0.15) is 0 Å². The molecule has 22 heavy (non-hydrogen) atoms. The lowest BCUT2D eigenvalue weighted by Gasteiger charge is -2.05. The Morgan fingerprint density at radius 3 is 2.32 bits per heavy atom. The van der Waals surface area contributed by atoms with Gasteiger partial charge in [0.05, 0.1) is 9.82 Å². The minimum absolute atomic E-state index is 0.0661. The Kier molecular flexibility index (Phi) is 4.18. The Balaban J connectivity index is 2.18. The first-order valence-electron chi connectivity index (χ1n) is 5.88. The van der Waals surface area contributed by atoms with Gasteiger partial charge in [-0.3, -0.25) is 14.9 Å². The Hall–Kier alpha value is -2.81. The molecule has 0 fully saturated rings. The van der Waals surface area contributed by atoms with Crippen LogP contribution in [0, 0.1) is 10.1 Å². The number of carbonyl (C=O) groups is 1. The first-order chi connectivity index (χ1) is 10.3. The molecule has 0 aliphatic carbocycles. The molecule has 9 heteroatoms. The maximum Gasteiger partial charge on any atom is 0.332 e. The summed E-state index contributed by atoms with van der Waals surface area (Å²) in [7, 11) is -4.80. The fraction of sp³-hybridized carbons (Fsp3) is 0. The molecule has 0 saturated carbocycles. The van der Waals surface area contributed by atoms with Crippen molar-refractivity contribution in [2.45, 2.75) is 4.90 Å². The van der Waals surface area contributed by atoms with Gasteiger partial charge in [-0.1, -0.05) is 6.07 Å². The molecule has 2 aromatic rings. The number of nitro groups is 1. The van der Waals surface area contributed by atoms with E-state index >= 15 is 0 Å². The van der Waals surface area contributed by atoms with Gasteiger partial charge in [0.15, 0.2) is 0 Å². The zero-order valence-corrected chi connectivity index (χ0v) is 11.7. The van der Waals surface area contributed by atoms with Crippen LogP contribution in [0.4, 0.5) is 15.3 Å². The van der Waals surface area contributed by atoms with Crippen LogP contribution in [0.5, 0.6) is 0 Å². The smallest absolute Gasteiger partial charge is 0.322 e. The Labute approximate surface area is 124 Å². The average Bonchev–Trinajstić information content (AvgIpc) is 2.47. The van der Waals surface area contributed by atoms with Gasteiger partial charge in [-0.05, 0) is 30.3 Å². The van der Waals surface area contributed by atoms with E-state index < -0.39 is 25.9 Å². The summed E-state index contributed by atoms with van der Waals surface area (Å²) in [5, 5.41) is 13.1. The SMILES string of the molecule is O=C(Nc1ccc(S(=O)(=O)F)cc1)c1cccc([N+](=O)[O-])c1. The van der Waals surface area contributed by atoms with Crippen LogP contribution in [0.15, 0.2) is 53.4 Å². The number of nitrogens with zero attached hydrogens (tertiary/aromatic N) is 1. The van der Waals surface area contributed by atoms with Crippen LogP contribution in [0.25, 0.3) is 0 Å². The van der Waals surface area contributed by atoms with Crippen LogP contribution in [0.3, 0.4) is 0 Å². The lowest BCUT2D eigenvalue weighted by atomic mass is 10.2. The van der Waals surface area contributed by atoms with Crippen molar-refractivity contribution in [2.24, 2.45) is 0 Å². The molecule has 0 aliphatic heterocycles. The molecule has 0 spiro atoms. The number of rotatable bonds is 4. The highest BCUT2D eigenvalue weighted by Gasteiger charge is 2.13. The van der Waals surface area contributed by atoms with E-state index in [0.29, 0.717) is 0 Å². The zero-order valence-electron chi connectivity index (χ0n) is 10.9. The molecule has 0 radical (unpaired) electrons. The molecule has 0 unspecified atom stereocenters. The highest BCUT2D eigenvalue weighted by molar-refractivity contribution is 7.86. The predicted molar refractivity (Wildman–Crippen MR) is 75.8 cm³/mol. The van der Waals surface area contributed by atoms with Crippen LogP contribution in [0.1, 0.15) is 10.4 Å². The van der Waals surface area contributed by atoms with Crippen molar-refractivity contribution in [2.75, 3.05) is 5.32 Å². The van der Waals surface area contributed by atoms with E-state index in [2.05, 4.69) is 5.32 Å². The number of benzene rings is 2. The second kappa shape index (κ2) is 5.90. The second-order valence-electron chi connectivity index (χ2n) is 4.22. The maximum atomic E-state index is 12.7. The Bertz CT molecular complexity index is 834. The van der Waals surface area contributed by atoms with E-state index in [4.69, 9.17) is 0 Å². The molecular weight excluding hydrogens is 315 g/mol. The molecule has 0 atom stereocenters. The second-order valence-corrected chi connectivity index (χ2v) is 5.57. The van der Waals surface area contributed by atoms with E-state index in [0.717, 1.165) is 18.2 Å². The molecule has 1 amide bonds. The Morgan fingerprint density at radius 2 is 1.77 bits per heavy atom. The largest absolute Gasteiger partial charge is 0.332 e.